The summed E-state index contributed by atoms with van der Waals surface area (Å²) in [6.45, 7) is 7.14. The fourth-order valence-electron chi connectivity index (χ4n) is 3.55. The number of nitrogens with one attached hydrogen (secondary N) is 1. The number of hydrogen-bond donors (Lipinski definition) is 1. The van der Waals surface area contributed by atoms with Crippen LogP contribution in [0.1, 0.15) is 51.2 Å². The predicted octanol–water partition coefficient (Wildman–Crippen LogP) is 4.25. The van der Waals surface area contributed by atoms with Gasteiger partial charge in [0.05, 0.1) is 16.7 Å². The van der Waals surface area contributed by atoms with Gasteiger partial charge in [-0.15, -0.1) is 0 Å². The summed E-state index contributed by atoms with van der Waals surface area (Å²) in [6, 6.07) is 4.42. The molecule has 4 nitrogen and oxygen atoms in total. The van der Waals surface area contributed by atoms with Gasteiger partial charge >= 0.3 is 5.97 Å². The van der Waals surface area contributed by atoms with E-state index in [1.54, 1.807) is 0 Å². The van der Waals surface area contributed by atoms with Crippen molar-refractivity contribution in [3.8, 4) is 0 Å². The molecule has 0 spiro atoms. The number of rotatable bonds is 5. The van der Waals surface area contributed by atoms with Crippen LogP contribution in [0.2, 0.25) is 10.0 Å². The van der Waals surface area contributed by atoms with Crippen LogP contribution in [0.25, 0.3) is 0 Å². The molecule has 1 N–H and O–H groups in total. The second-order valence-electron chi connectivity index (χ2n) is 7.96. The Balaban J connectivity index is 1.68. The van der Waals surface area contributed by atoms with Crippen LogP contribution in [0.5, 0.6) is 0 Å². The summed E-state index contributed by atoms with van der Waals surface area (Å²) in [7, 11) is 0. The number of fused-ring (bicyclic) bond motifs is 2. The zero-order valence-electron chi connectivity index (χ0n) is 15.0. The molecule has 2 aliphatic heterocycles. The fourth-order valence-corrected chi connectivity index (χ4v) is 3.99. The van der Waals surface area contributed by atoms with Gasteiger partial charge in [-0.3, -0.25) is 4.79 Å². The van der Waals surface area contributed by atoms with Gasteiger partial charge < -0.3 is 14.8 Å². The third-order valence-corrected chi connectivity index (χ3v) is 5.53. The van der Waals surface area contributed by atoms with Gasteiger partial charge in [-0.1, -0.05) is 29.3 Å². The van der Waals surface area contributed by atoms with Crippen LogP contribution in [0, 0.1) is 0 Å². The molecule has 0 saturated carbocycles. The van der Waals surface area contributed by atoms with Crippen LogP contribution < -0.4 is 5.32 Å². The Kier molecular flexibility index (Phi) is 5.36. The number of esters is 1. The van der Waals surface area contributed by atoms with Crippen molar-refractivity contribution >= 4 is 29.2 Å². The Morgan fingerprint density at radius 2 is 2.16 bits per heavy atom. The number of carbonyl (C=O) groups is 1. The zero-order valence-corrected chi connectivity index (χ0v) is 16.5. The van der Waals surface area contributed by atoms with Crippen molar-refractivity contribution < 1.29 is 14.3 Å². The highest BCUT2D eigenvalue weighted by molar-refractivity contribution is 6.42. The van der Waals surface area contributed by atoms with Crippen molar-refractivity contribution in [1.29, 1.82) is 0 Å². The predicted molar refractivity (Wildman–Crippen MR) is 99.3 cm³/mol. The lowest BCUT2D eigenvalue weighted by Gasteiger charge is -2.28. The molecular formula is C19H25Cl2NO3. The Labute approximate surface area is 159 Å². The topological polar surface area (TPSA) is 47.6 Å². The van der Waals surface area contributed by atoms with Gasteiger partial charge in [0.15, 0.2) is 0 Å². The molecule has 6 heteroatoms. The minimum absolute atomic E-state index is 0.188. The summed E-state index contributed by atoms with van der Waals surface area (Å²) in [5.41, 5.74) is 1.28. The smallest absolute Gasteiger partial charge is 0.306 e. The molecule has 1 aromatic rings. The van der Waals surface area contributed by atoms with Crippen molar-refractivity contribution in [2.75, 3.05) is 13.2 Å². The SMILES string of the molecule is CC(C)(C)OC(=O)CCCc1cc(C23CNC(CO2)C3)cc(Cl)c1Cl. The maximum Gasteiger partial charge on any atom is 0.306 e. The third kappa shape index (κ3) is 4.30. The molecular weight excluding hydrogens is 361 g/mol. The number of hydrogen-bond acceptors (Lipinski definition) is 4. The summed E-state index contributed by atoms with van der Waals surface area (Å²) in [4.78, 5) is 11.9. The molecule has 2 atom stereocenters. The van der Waals surface area contributed by atoms with Gasteiger partial charge in [-0.05, 0) is 57.2 Å². The van der Waals surface area contributed by atoms with Crippen LogP contribution in [0.15, 0.2) is 12.1 Å². The van der Waals surface area contributed by atoms with Crippen LogP contribution in [0.3, 0.4) is 0 Å². The Bertz CT molecular complexity index is 661. The second kappa shape index (κ2) is 7.07. The summed E-state index contributed by atoms with van der Waals surface area (Å²) in [6.07, 6.45) is 2.67. The molecule has 0 amide bonds. The molecule has 2 bridgehead atoms. The summed E-state index contributed by atoms with van der Waals surface area (Å²) < 4.78 is 11.4. The molecule has 2 heterocycles. The molecule has 138 valence electrons. The Morgan fingerprint density at radius 1 is 1.40 bits per heavy atom. The average molecular weight is 386 g/mol. The van der Waals surface area contributed by atoms with Crippen LogP contribution in [-0.2, 0) is 26.3 Å². The maximum atomic E-state index is 11.9. The van der Waals surface area contributed by atoms with Gasteiger partial charge in [0, 0.05) is 19.0 Å². The van der Waals surface area contributed by atoms with E-state index in [1.807, 2.05) is 26.8 Å². The minimum atomic E-state index is -0.455. The lowest BCUT2D eigenvalue weighted by atomic mass is 9.90. The van der Waals surface area contributed by atoms with Crippen molar-refractivity contribution in [2.24, 2.45) is 0 Å². The zero-order chi connectivity index (χ0) is 18.2. The van der Waals surface area contributed by atoms with Crippen molar-refractivity contribution in [1.82, 2.24) is 5.32 Å². The number of aryl methyl sites for hydroxylation is 1. The number of morpholine rings is 1. The van der Waals surface area contributed by atoms with E-state index in [0.29, 0.717) is 35.3 Å². The van der Waals surface area contributed by atoms with E-state index in [0.717, 1.165) is 30.7 Å². The normalized spacial score (nSPS) is 25.4. The highest BCUT2D eigenvalue weighted by Crippen LogP contribution is 2.43. The Hall–Kier alpha value is -0.810. The molecule has 3 rings (SSSR count). The molecule has 0 aliphatic carbocycles. The minimum Gasteiger partial charge on any atom is -0.460 e. The molecule has 2 fully saturated rings. The molecule has 0 radical (unpaired) electrons. The van der Waals surface area contributed by atoms with E-state index in [2.05, 4.69) is 11.4 Å². The summed E-state index contributed by atoms with van der Waals surface area (Å²) >= 11 is 12.7. The van der Waals surface area contributed by atoms with E-state index >= 15 is 0 Å². The van der Waals surface area contributed by atoms with E-state index in [1.165, 1.54) is 0 Å². The van der Waals surface area contributed by atoms with Gasteiger partial charge in [0.1, 0.15) is 11.2 Å². The van der Waals surface area contributed by atoms with Crippen molar-refractivity contribution in [3.05, 3.63) is 33.3 Å². The standard InChI is InChI=1S/C19H25Cl2NO3/c1-18(2,3)25-16(23)6-4-5-12-7-13(8-15(20)17(12)21)19-9-14(10-24-19)22-11-19/h7-8,14,22H,4-6,9-11H2,1-3H3. The van der Waals surface area contributed by atoms with Gasteiger partial charge in [-0.25, -0.2) is 0 Å². The summed E-state index contributed by atoms with van der Waals surface area (Å²) in [5, 5.41) is 4.57. The highest BCUT2D eigenvalue weighted by atomic mass is 35.5. The molecule has 0 aromatic heterocycles. The highest BCUT2D eigenvalue weighted by Gasteiger charge is 2.47. The number of benzene rings is 1. The van der Waals surface area contributed by atoms with E-state index in [-0.39, 0.29) is 11.6 Å². The monoisotopic (exact) mass is 385 g/mol. The van der Waals surface area contributed by atoms with E-state index in [9.17, 15) is 4.79 Å². The van der Waals surface area contributed by atoms with Crippen LogP contribution >= 0.6 is 23.2 Å². The molecule has 2 saturated heterocycles. The van der Waals surface area contributed by atoms with Crippen molar-refractivity contribution in [2.45, 2.75) is 63.7 Å². The summed E-state index contributed by atoms with van der Waals surface area (Å²) in [5.74, 6) is -0.188. The van der Waals surface area contributed by atoms with Gasteiger partial charge in [0.2, 0.25) is 0 Å². The van der Waals surface area contributed by atoms with Crippen LogP contribution in [-0.4, -0.2) is 30.8 Å². The fraction of sp³-hybridized carbons (Fsp3) is 0.632. The first-order chi connectivity index (χ1) is 11.7. The number of halogens is 2. The quantitative estimate of drug-likeness (QED) is 0.769. The van der Waals surface area contributed by atoms with Crippen LogP contribution in [0.4, 0.5) is 0 Å². The van der Waals surface area contributed by atoms with Gasteiger partial charge in [0.25, 0.3) is 0 Å². The number of carbonyl (C=O) groups excluding carboxylic acids is 1. The molecule has 25 heavy (non-hydrogen) atoms. The third-order valence-electron chi connectivity index (χ3n) is 4.69. The number of ether oxygens (including phenoxy) is 2. The van der Waals surface area contributed by atoms with E-state index in [4.69, 9.17) is 32.7 Å². The lowest BCUT2D eigenvalue weighted by molar-refractivity contribution is -0.154. The molecule has 2 aliphatic rings. The maximum absolute atomic E-state index is 11.9. The Morgan fingerprint density at radius 3 is 2.72 bits per heavy atom. The first kappa shape index (κ1) is 19.0. The van der Waals surface area contributed by atoms with Gasteiger partial charge in [-0.2, -0.15) is 0 Å². The first-order valence-electron chi connectivity index (χ1n) is 8.76. The molecule has 1 aromatic carbocycles. The largest absolute Gasteiger partial charge is 0.460 e. The lowest BCUT2D eigenvalue weighted by Crippen LogP contribution is -2.37. The molecule has 2 unspecified atom stereocenters. The first-order valence-corrected chi connectivity index (χ1v) is 9.52. The van der Waals surface area contributed by atoms with Crippen molar-refractivity contribution in [3.63, 3.8) is 0 Å². The van der Waals surface area contributed by atoms with E-state index < -0.39 is 5.60 Å². The average Bonchev–Trinajstić information content (AvgIpc) is 3.11. The second-order valence-corrected chi connectivity index (χ2v) is 8.74.